The smallest absolute Gasteiger partial charge is 0.0824 e. The molecule has 1 aromatic heterocycles. The Morgan fingerprint density at radius 1 is 1.50 bits per heavy atom. The van der Waals surface area contributed by atoms with Crippen molar-refractivity contribution in [1.82, 2.24) is 4.68 Å². The van der Waals surface area contributed by atoms with Crippen LogP contribution in [0.4, 0.5) is 0 Å². The molecule has 0 N–H and O–H groups in total. The van der Waals surface area contributed by atoms with E-state index in [-0.39, 0.29) is 0 Å². The minimum atomic E-state index is 0.682. The molecule has 2 heterocycles. The van der Waals surface area contributed by atoms with Gasteiger partial charge in [0.05, 0.1) is 12.2 Å². The summed E-state index contributed by atoms with van der Waals surface area (Å²) in [6.07, 6.45) is 5.52. The first kappa shape index (κ1) is 5.41. The van der Waals surface area contributed by atoms with Crippen LogP contribution in [0.3, 0.4) is 0 Å². The number of fused-ring (bicyclic) bond motifs is 1. The first-order chi connectivity index (χ1) is 4.97. The Hall–Kier alpha value is -1.38. The Balaban J connectivity index is 2.56. The topological polar surface area (TPSA) is 29.6 Å². The zero-order valence-corrected chi connectivity index (χ0v) is 5.44. The molecule has 3 heteroatoms. The van der Waals surface area contributed by atoms with Crippen molar-refractivity contribution in [2.75, 3.05) is 6.54 Å². The van der Waals surface area contributed by atoms with E-state index in [2.05, 4.69) is 10.1 Å². The molecular weight excluding hydrogens is 126 g/mol. The third kappa shape index (κ3) is 0.757. The summed E-state index contributed by atoms with van der Waals surface area (Å²) < 4.78 is 1.80. The fraction of sp³-hybridized carbons (Fsp3) is 0.143. The van der Waals surface area contributed by atoms with E-state index in [0.717, 1.165) is 5.69 Å². The molecule has 3 nitrogen and oxygen atoms in total. The zero-order chi connectivity index (χ0) is 6.81. The molecule has 1 aliphatic heterocycles. The Kier molecular flexibility index (Phi) is 1.13. The second-order valence-electron chi connectivity index (χ2n) is 2.07. The molecule has 0 amide bonds. The molecule has 2 rings (SSSR count). The highest BCUT2D eigenvalue weighted by Gasteiger charge is 1.95. The lowest BCUT2D eigenvalue weighted by molar-refractivity contribution is 0.888. The second kappa shape index (κ2) is 2.10. The Morgan fingerprint density at radius 2 is 2.50 bits per heavy atom. The van der Waals surface area contributed by atoms with Crippen molar-refractivity contribution in [1.29, 1.82) is 0 Å². The van der Waals surface area contributed by atoms with Crippen LogP contribution >= 0.6 is 0 Å². The summed E-state index contributed by atoms with van der Waals surface area (Å²) in [5.41, 5.74) is 1.04. The molecule has 1 aliphatic rings. The number of aromatic nitrogens is 1. The summed E-state index contributed by atoms with van der Waals surface area (Å²) in [5, 5.41) is 4.11. The van der Waals surface area contributed by atoms with E-state index >= 15 is 0 Å². The predicted molar refractivity (Wildman–Crippen MR) is 40.8 cm³/mol. The van der Waals surface area contributed by atoms with E-state index in [1.807, 2.05) is 24.5 Å². The van der Waals surface area contributed by atoms with Crippen LogP contribution in [0.2, 0.25) is 0 Å². The molecule has 0 saturated carbocycles. The minimum absolute atomic E-state index is 0.682. The maximum absolute atomic E-state index is 4.11. The van der Waals surface area contributed by atoms with E-state index in [1.165, 1.54) is 0 Å². The number of rotatable bonds is 0. The zero-order valence-electron chi connectivity index (χ0n) is 5.44. The van der Waals surface area contributed by atoms with Crippen molar-refractivity contribution in [2.24, 2.45) is 10.1 Å². The van der Waals surface area contributed by atoms with E-state index < -0.39 is 0 Å². The molecule has 0 spiro atoms. The molecule has 0 saturated heterocycles. The lowest BCUT2D eigenvalue weighted by Crippen LogP contribution is -1.90. The quantitative estimate of drug-likeness (QED) is 0.500. The van der Waals surface area contributed by atoms with Crippen molar-refractivity contribution in [3.8, 4) is 0 Å². The first-order valence-corrected chi connectivity index (χ1v) is 3.17. The molecule has 0 atom stereocenters. The highest BCUT2D eigenvalue weighted by molar-refractivity contribution is 5.80. The van der Waals surface area contributed by atoms with Gasteiger partial charge in [-0.05, 0) is 12.1 Å². The molecule has 0 bridgehead atoms. The monoisotopic (exact) mass is 133 g/mol. The van der Waals surface area contributed by atoms with Crippen LogP contribution in [0.1, 0.15) is 5.69 Å². The van der Waals surface area contributed by atoms with Gasteiger partial charge in [0.1, 0.15) is 0 Å². The lowest BCUT2D eigenvalue weighted by atomic mass is 10.5. The van der Waals surface area contributed by atoms with E-state index in [9.17, 15) is 0 Å². The Morgan fingerprint density at radius 3 is 3.50 bits per heavy atom. The van der Waals surface area contributed by atoms with Gasteiger partial charge in [0.15, 0.2) is 0 Å². The van der Waals surface area contributed by atoms with Gasteiger partial charge in [-0.15, -0.1) is 0 Å². The fourth-order valence-electron chi connectivity index (χ4n) is 0.911. The average Bonchev–Trinajstić information content (AvgIpc) is 2.28. The third-order valence-electron chi connectivity index (χ3n) is 1.38. The molecule has 0 aromatic carbocycles. The van der Waals surface area contributed by atoms with Crippen LogP contribution in [0.15, 0.2) is 28.4 Å². The van der Waals surface area contributed by atoms with Crippen LogP contribution in [-0.4, -0.2) is 23.7 Å². The lowest BCUT2D eigenvalue weighted by Gasteiger charge is -1.91. The minimum Gasteiger partial charge on any atom is -0.285 e. The molecule has 50 valence electrons. The molecule has 0 fully saturated rings. The summed E-state index contributed by atoms with van der Waals surface area (Å²) in [5.74, 6) is 0. The van der Waals surface area contributed by atoms with Gasteiger partial charge in [0.25, 0.3) is 0 Å². The van der Waals surface area contributed by atoms with E-state index in [1.54, 1.807) is 10.9 Å². The SMILES string of the molecule is C1=NCC=Nn2cccc21. The maximum Gasteiger partial charge on any atom is 0.0824 e. The first-order valence-electron chi connectivity index (χ1n) is 3.17. The van der Waals surface area contributed by atoms with Crippen LogP contribution in [-0.2, 0) is 0 Å². The normalized spacial score (nSPS) is 14.8. The van der Waals surface area contributed by atoms with Gasteiger partial charge in [-0.1, -0.05) is 0 Å². The standard InChI is InChI=1S/C7H7N3/c1-2-7-6-8-3-4-9-10(7)5-1/h1-2,4-6H,3H2. The Labute approximate surface area is 58.7 Å². The van der Waals surface area contributed by atoms with Gasteiger partial charge >= 0.3 is 0 Å². The van der Waals surface area contributed by atoms with Crippen molar-refractivity contribution < 1.29 is 0 Å². The number of hydrogen-bond donors (Lipinski definition) is 0. The predicted octanol–water partition coefficient (Wildman–Crippen LogP) is 0.754. The summed E-state index contributed by atoms with van der Waals surface area (Å²) in [6, 6.07) is 3.93. The van der Waals surface area contributed by atoms with Gasteiger partial charge < -0.3 is 0 Å². The number of nitrogens with zero attached hydrogens (tertiary/aromatic N) is 3. The van der Waals surface area contributed by atoms with Crippen molar-refractivity contribution in [3.63, 3.8) is 0 Å². The highest BCUT2D eigenvalue weighted by Crippen LogP contribution is 1.99. The van der Waals surface area contributed by atoms with Gasteiger partial charge in [-0.25, -0.2) is 4.68 Å². The summed E-state index contributed by atoms with van der Waals surface area (Å²) >= 11 is 0. The van der Waals surface area contributed by atoms with Gasteiger partial charge in [-0.3, -0.25) is 4.99 Å². The molecule has 0 radical (unpaired) electrons. The van der Waals surface area contributed by atoms with Crippen LogP contribution in [0.5, 0.6) is 0 Å². The van der Waals surface area contributed by atoms with Gasteiger partial charge in [-0.2, -0.15) is 5.10 Å². The Bertz CT molecular complexity index is 256. The van der Waals surface area contributed by atoms with Crippen LogP contribution in [0, 0.1) is 0 Å². The van der Waals surface area contributed by atoms with E-state index in [4.69, 9.17) is 0 Å². The largest absolute Gasteiger partial charge is 0.285 e. The molecule has 0 aliphatic carbocycles. The fourth-order valence-corrected chi connectivity index (χ4v) is 0.911. The second-order valence-corrected chi connectivity index (χ2v) is 2.07. The average molecular weight is 133 g/mol. The number of aliphatic imine (C=N–C) groups is 1. The molecule has 1 aromatic rings. The summed E-state index contributed by atoms with van der Waals surface area (Å²) in [7, 11) is 0. The molecule has 10 heavy (non-hydrogen) atoms. The van der Waals surface area contributed by atoms with Crippen molar-refractivity contribution >= 4 is 12.4 Å². The van der Waals surface area contributed by atoms with Gasteiger partial charge in [0.2, 0.25) is 0 Å². The van der Waals surface area contributed by atoms with Gasteiger partial charge in [0, 0.05) is 18.6 Å². The molecular formula is C7H7N3. The number of hydrogen-bond acceptors (Lipinski definition) is 2. The van der Waals surface area contributed by atoms with E-state index in [0.29, 0.717) is 6.54 Å². The maximum atomic E-state index is 4.11. The van der Waals surface area contributed by atoms with Crippen molar-refractivity contribution in [3.05, 3.63) is 24.0 Å². The van der Waals surface area contributed by atoms with Crippen LogP contribution in [0.25, 0.3) is 0 Å². The van der Waals surface area contributed by atoms with Crippen molar-refractivity contribution in [2.45, 2.75) is 0 Å². The highest BCUT2D eigenvalue weighted by atomic mass is 15.3. The van der Waals surface area contributed by atoms with Crippen LogP contribution < -0.4 is 0 Å². The summed E-state index contributed by atoms with van der Waals surface area (Å²) in [4.78, 5) is 4.09. The third-order valence-corrected chi connectivity index (χ3v) is 1.38. The molecule has 0 unspecified atom stereocenters. The summed E-state index contributed by atoms with van der Waals surface area (Å²) in [6.45, 7) is 0.682.